The standard InChI is InChI=1S/C18H18ClN3O4/c1-25-13-4-5-15(26-2)14(8-13)22-10-11(7-17(22)23)18(24)21-16-6-3-12(19)9-20-16/h3-6,8-9,11H,7,10H2,1-2H3,(H,20,21,24)/t11-/m0/s1. The molecule has 0 spiro atoms. The number of halogens is 1. The van der Waals surface area contributed by atoms with Crippen LogP contribution >= 0.6 is 11.6 Å². The number of nitrogens with one attached hydrogen (secondary N) is 1. The second-order valence-corrected chi connectivity index (χ2v) is 6.23. The summed E-state index contributed by atoms with van der Waals surface area (Å²) in [5, 5.41) is 3.19. The number of anilines is 2. The first-order valence-corrected chi connectivity index (χ1v) is 8.34. The number of pyridine rings is 1. The fourth-order valence-electron chi connectivity index (χ4n) is 2.80. The first-order chi connectivity index (χ1) is 12.5. The predicted molar refractivity (Wildman–Crippen MR) is 97.9 cm³/mol. The summed E-state index contributed by atoms with van der Waals surface area (Å²) in [6.45, 7) is 0.252. The molecule has 1 aliphatic heterocycles. The molecule has 136 valence electrons. The zero-order valence-electron chi connectivity index (χ0n) is 14.4. The van der Waals surface area contributed by atoms with Crippen molar-refractivity contribution in [1.29, 1.82) is 0 Å². The first-order valence-electron chi connectivity index (χ1n) is 7.96. The summed E-state index contributed by atoms with van der Waals surface area (Å²) in [5.74, 6) is 0.630. The number of amides is 2. The average molecular weight is 376 g/mol. The van der Waals surface area contributed by atoms with Crippen LogP contribution in [0, 0.1) is 5.92 Å². The maximum Gasteiger partial charge on any atom is 0.230 e. The summed E-state index contributed by atoms with van der Waals surface area (Å²) in [4.78, 5) is 30.5. The fraction of sp³-hybridized carbons (Fsp3) is 0.278. The lowest BCUT2D eigenvalue weighted by molar-refractivity contribution is -0.122. The number of carbonyl (C=O) groups excluding carboxylic acids is 2. The van der Waals surface area contributed by atoms with Crippen molar-refractivity contribution in [2.45, 2.75) is 6.42 Å². The Balaban J connectivity index is 1.76. The van der Waals surface area contributed by atoms with Crippen LogP contribution in [0.25, 0.3) is 0 Å². The van der Waals surface area contributed by atoms with Crippen molar-refractivity contribution >= 4 is 34.9 Å². The molecule has 2 aromatic rings. The summed E-state index contributed by atoms with van der Waals surface area (Å²) in [6.07, 6.45) is 1.56. The summed E-state index contributed by atoms with van der Waals surface area (Å²) in [7, 11) is 3.08. The van der Waals surface area contributed by atoms with Gasteiger partial charge in [0.15, 0.2) is 0 Å². The van der Waals surface area contributed by atoms with E-state index in [1.807, 2.05) is 0 Å². The number of rotatable bonds is 5. The number of nitrogens with zero attached hydrogens (tertiary/aromatic N) is 2. The van der Waals surface area contributed by atoms with Crippen molar-refractivity contribution in [1.82, 2.24) is 4.98 Å². The molecule has 2 heterocycles. The third-order valence-electron chi connectivity index (χ3n) is 4.15. The van der Waals surface area contributed by atoms with Crippen LogP contribution in [0.3, 0.4) is 0 Å². The summed E-state index contributed by atoms with van der Waals surface area (Å²) >= 11 is 5.79. The average Bonchev–Trinajstić information content (AvgIpc) is 3.04. The van der Waals surface area contributed by atoms with Gasteiger partial charge in [0.05, 0.1) is 30.8 Å². The minimum Gasteiger partial charge on any atom is -0.497 e. The second-order valence-electron chi connectivity index (χ2n) is 5.79. The molecule has 0 radical (unpaired) electrons. The van der Waals surface area contributed by atoms with Gasteiger partial charge < -0.3 is 19.7 Å². The maximum absolute atomic E-state index is 12.5. The monoisotopic (exact) mass is 375 g/mol. The zero-order valence-corrected chi connectivity index (χ0v) is 15.1. The van der Waals surface area contributed by atoms with E-state index in [1.54, 1.807) is 42.3 Å². The largest absolute Gasteiger partial charge is 0.497 e. The van der Waals surface area contributed by atoms with Crippen LogP contribution in [0.5, 0.6) is 11.5 Å². The van der Waals surface area contributed by atoms with E-state index in [2.05, 4.69) is 10.3 Å². The molecule has 0 saturated carbocycles. The molecule has 1 aliphatic rings. The molecule has 3 rings (SSSR count). The molecule has 1 aromatic heterocycles. The van der Waals surface area contributed by atoms with E-state index < -0.39 is 5.92 Å². The van der Waals surface area contributed by atoms with Crippen LogP contribution < -0.4 is 19.7 Å². The third-order valence-corrected chi connectivity index (χ3v) is 4.37. The van der Waals surface area contributed by atoms with E-state index in [9.17, 15) is 9.59 Å². The van der Waals surface area contributed by atoms with Crippen LogP contribution in [0.15, 0.2) is 36.5 Å². The van der Waals surface area contributed by atoms with Gasteiger partial charge in [-0.1, -0.05) is 11.6 Å². The highest BCUT2D eigenvalue weighted by molar-refractivity contribution is 6.30. The highest BCUT2D eigenvalue weighted by Crippen LogP contribution is 2.36. The number of ether oxygens (including phenoxy) is 2. The van der Waals surface area contributed by atoms with Crippen LogP contribution in [-0.4, -0.2) is 37.6 Å². The van der Waals surface area contributed by atoms with Gasteiger partial charge in [-0.15, -0.1) is 0 Å². The van der Waals surface area contributed by atoms with Gasteiger partial charge in [0.2, 0.25) is 11.8 Å². The quantitative estimate of drug-likeness (QED) is 0.869. The van der Waals surface area contributed by atoms with Gasteiger partial charge in [0.1, 0.15) is 17.3 Å². The Morgan fingerprint density at radius 3 is 2.73 bits per heavy atom. The molecular weight excluding hydrogens is 358 g/mol. The van der Waals surface area contributed by atoms with Crippen molar-refractivity contribution in [3.05, 3.63) is 41.6 Å². The smallest absolute Gasteiger partial charge is 0.230 e. The van der Waals surface area contributed by atoms with Gasteiger partial charge in [-0.2, -0.15) is 0 Å². The third kappa shape index (κ3) is 3.72. The van der Waals surface area contributed by atoms with Gasteiger partial charge in [-0.05, 0) is 24.3 Å². The van der Waals surface area contributed by atoms with Gasteiger partial charge >= 0.3 is 0 Å². The molecule has 1 saturated heterocycles. The Bertz CT molecular complexity index is 826. The molecular formula is C18H18ClN3O4. The minimum atomic E-state index is -0.490. The number of carbonyl (C=O) groups is 2. The number of aromatic nitrogens is 1. The lowest BCUT2D eigenvalue weighted by Crippen LogP contribution is -2.28. The van der Waals surface area contributed by atoms with E-state index in [-0.39, 0.29) is 24.8 Å². The topological polar surface area (TPSA) is 80.8 Å². The molecule has 26 heavy (non-hydrogen) atoms. The van der Waals surface area contributed by atoms with Crippen molar-refractivity contribution in [3.63, 3.8) is 0 Å². The van der Waals surface area contributed by atoms with Gasteiger partial charge in [-0.3, -0.25) is 9.59 Å². The van der Waals surface area contributed by atoms with E-state index in [4.69, 9.17) is 21.1 Å². The van der Waals surface area contributed by atoms with Crippen molar-refractivity contribution < 1.29 is 19.1 Å². The molecule has 0 unspecified atom stereocenters. The Hall–Kier alpha value is -2.80. The molecule has 2 amide bonds. The lowest BCUT2D eigenvalue weighted by Gasteiger charge is -2.20. The summed E-state index contributed by atoms with van der Waals surface area (Å²) < 4.78 is 10.6. The Labute approximate surface area is 155 Å². The number of hydrogen-bond donors (Lipinski definition) is 1. The van der Waals surface area contributed by atoms with E-state index in [0.717, 1.165) is 0 Å². The first kappa shape index (κ1) is 18.0. The molecule has 0 aliphatic carbocycles. The van der Waals surface area contributed by atoms with Crippen LogP contribution in [-0.2, 0) is 9.59 Å². The van der Waals surface area contributed by atoms with Crippen molar-refractivity contribution in [2.75, 3.05) is 31.0 Å². The minimum absolute atomic E-state index is 0.111. The molecule has 1 aromatic carbocycles. The highest BCUT2D eigenvalue weighted by Gasteiger charge is 2.36. The SMILES string of the molecule is COc1ccc(OC)c(N2C[C@@H](C(=O)Nc3ccc(Cl)cn3)CC2=O)c1. The maximum atomic E-state index is 12.5. The summed E-state index contributed by atoms with van der Waals surface area (Å²) in [5.41, 5.74) is 0.580. The predicted octanol–water partition coefficient (Wildman–Crippen LogP) is 2.74. The van der Waals surface area contributed by atoms with E-state index in [0.29, 0.717) is 28.0 Å². The number of benzene rings is 1. The van der Waals surface area contributed by atoms with Gasteiger partial charge in [0.25, 0.3) is 0 Å². The Morgan fingerprint density at radius 1 is 1.27 bits per heavy atom. The van der Waals surface area contributed by atoms with Crippen LogP contribution in [0.4, 0.5) is 11.5 Å². The zero-order chi connectivity index (χ0) is 18.7. The summed E-state index contributed by atoms with van der Waals surface area (Å²) in [6, 6.07) is 8.45. The molecule has 1 fully saturated rings. The molecule has 7 nitrogen and oxygen atoms in total. The number of methoxy groups -OCH3 is 2. The van der Waals surface area contributed by atoms with Crippen molar-refractivity contribution in [2.24, 2.45) is 5.92 Å². The molecule has 1 atom stereocenters. The lowest BCUT2D eigenvalue weighted by atomic mass is 10.1. The van der Waals surface area contributed by atoms with E-state index >= 15 is 0 Å². The Morgan fingerprint density at radius 2 is 2.08 bits per heavy atom. The normalized spacial score (nSPS) is 16.5. The highest BCUT2D eigenvalue weighted by atomic mass is 35.5. The fourth-order valence-corrected chi connectivity index (χ4v) is 2.91. The second kappa shape index (κ2) is 7.61. The molecule has 1 N–H and O–H groups in total. The van der Waals surface area contributed by atoms with Crippen molar-refractivity contribution in [3.8, 4) is 11.5 Å². The number of hydrogen-bond acceptors (Lipinski definition) is 5. The van der Waals surface area contributed by atoms with Crippen LogP contribution in [0.2, 0.25) is 5.02 Å². The van der Waals surface area contributed by atoms with Gasteiger partial charge in [0, 0.05) is 25.2 Å². The molecule has 8 heteroatoms. The van der Waals surface area contributed by atoms with E-state index in [1.165, 1.54) is 13.3 Å². The molecule has 0 bridgehead atoms. The van der Waals surface area contributed by atoms with Gasteiger partial charge in [-0.25, -0.2) is 4.98 Å². The Kier molecular flexibility index (Phi) is 5.27. The van der Waals surface area contributed by atoms with Crippen LogP contribution in [0.1, 0.15) is 6.42 Å².